The van der Waals surface area contributed by atoms with Gasteiger partial charge in [-0.2, -0.15) is 0 Å². The largest absolute Gasteiger partial charge is 0.491 e. The molecule has 164 valence electrons. The van der Waals surface area contributed by atoms with Crippen molar-refractivity contribution in [3.63, 3.8) is 0 Å². The average molecular weight is 409 g/mol. The highest BCUT2D eigenvalue weighted by Crippen LogP contribution is 2.11. The number of aldehydes is 1. The van der Waals surface area contributed by atoms with E-state index in [1.807, 2.05) is 0 Å². The Morgan fingerprint density at radius 3 is 2.03 bits per heavy atom. The van der Waals surface area contributed by atoms with E-state index in [1.165, 1.54) is 32.1 Å². The highest BCUT2D eigenvalue weighted by molar-refractivity contribution is 5.74. The molecule has 29 heavy (non-hydrogen) atoms. The van der Waals surface area contributed by atoms with Gasteiger partial charge in [0.15, 0.2) is 0 Å². The molecule has 0 heterocycles. The molecule has 0 fully saturated rings. The molecular formula is C23H36O6. The lowest BCUT2D eigenvalue weighted by Gasteiger charge is -2.08. The van der Waals surface area contributed by atoms with E-state index in [2.05, 4.69) is 6.92 Å². The van der Waals surface area contributed by atoms with Crippen LogP contribution < -0.4 is 4.74 Å². The van der Waals surface area contributed by atoms with E-state index in [0.717, 1.165) is 19.1 Å². The fraction of sp³-hybridized carbons (Fsp3) is 0.652. The van der Waals surface area contributed by atoms with E-state index < -0.39 is 0 Å². The number of carbonyl (C=O) groups is 2. The van der Waals surface area contributed by atoms with E-state index >= 15 is 0 Å². The van der Waals surface area contributed by atoms with Crippen molar-refractivity contribution in [3.05, 3.63) is 29.8 Å². The molecule has 0 aliphatic carbocycles. The van der Waals surface area contributed by atoms with Gasteiger partial charge in [-0.1, -0.05) is 45.4 Å². The zero-order valence-electron chi connectivity index (χ0n) is 17.7. The molecule has 1 aromatic carbocycles. The van der Waals surface area contributed by atoms with Crippen LogP contribution in [-0.4, -0.2) is 51.9 Å². The van der Waals surface area contributed by atoms with Gasteiger partial charge in [0.05, 0.1) is 26.4 Å². The summed E-state index contributed by atoms with van der Waals surface area (Å²) in [5.41, 5.74) is 0.620. The minimum Gasteiger partial charge on any atom is -0.491 e. The van der Waals surface area contributed by atoms with Crippen molar-refractivity contribution in [3.8, 4) is 5.75 Å². The van der Waals surface area contributed by atoms with Crippen molar-refractivity contribution in [2.75, 3.05) is 39.6 Å². The summed E-state index contributed by atoms with van der Waals surface area (Å²) in [4.78, 5) is 22.2. The lowest BCUT2D eigenvalue weighted by Crippen LogP contribution is -2.14. The molecule has 0 spiro atoms. The van der Waals surface area contributed by atoms with Gasteiger partial charge in [-0.25, -0.2) is 0 Å². The summed E-state index contributed by atoms with van der Waals surface area (Å²) in [5.74, 6) is 0.561. The van der Waals surface area contributed by atoms with Gasteiger partial charge < -0.3 is 18.9 Å². The average Bonchev–Trinajstić information content (AvgIpc) is 2.74. The molecule has 0 N–H and O–H groups in total. The summed E-state index contributed by atoms with van der Waals surface area (Å²) in [5, 5.41) is 0. The summed E-state index contributed by atoms with van der Waals surface area (Å²) < 4.78 is 21.4. The summed E-state index contributed by atoms with van der Waals surface area (Å²) in [6.45, 7) is 4.66. The van der Waals surface area contributed by atoms with Gasteiger partial charge in [-0.15, -0.1) is 0 Å². The first-order valence-corrected chi connectivity index (χ1v) is 10.8. The van der Waals surface area contributed by atoms with Gasteiger partial charge >= 0.3 is 5.97 Å². The lowest BCUT2D eigenvalue weighted by atomic mass is 10.1. The van der Waals surface area contributed by atoms with Gasteiger partial charge in [0, 0.05) is 12.0 Å². The van der Waals surface area contributed by atoms with Crippen molar-refractivity contribution in [1.82, 2.24) is 0 Å². The summed E-state index contributed by atoms with van der Waals surface area (Å²) in [7, 11) is 0. The Kier molecular flexibility index (Phi) is 15.7. The van der Waals surface area contributed by atoms with E-state index in [9.17, 15) is 9.59 Å². The van der Waals surface area contributed by atoms with Crippen LogP contribution in [0.2, 0.25) is 0 Å². The second-order valence-corrected chi connectivity index (χ2v) is 6.85. The minimum absolute atomic E-state index is 0.142. The molecule has 0 aromatic heterocycles. The first-order chi connectivity index (χ1) is 14.3. The van der Waals surface area contributed by atoms with Crippen molar-refractivity contribution in [1.29, 1.82) is 0 Å². The Labute approximate surface area is 174 Å². The van der Waals surface area contributed by atoms with Crippen LogP contribution in [0.15, 0.2) is 24.3 Å². The van der Waals surface area contributed by atoms with Crippen LogP contribution in [0.25, 0.3) is 0 Å². The predicted octanol–water partition coefficient (Wildman–Crippen LogP) is 4.60. The van der Waals surface area contributed by atoms with E-state index in [0.29, 0.717) is 50.8 Å². The third-order valence-corrected chi connectivity index (χ3v) is 4.36. The van der Waals surface area contributed by atoms with E-state index in [4.69, 9.17) is 18.9 Å². The molecule has 0 aliphatic rings. The van der Waals surface area contributed by atoms with Crippen LogP contribution in [-0.2, 0) is 19.0 Å². The lowest BCUT2D eigenvalue weighted by molar-refractivity contribution is -0.145. The number of unbranched alkanes of at least 4 members (excludes halogenated alkanes) is 6. The topological polar surface area (TPSA) is 71.1 Å². The molecule has 0 saturated carbocycles. The van der Waals surface area contributed by atoms with Gasteiger partial charge in [0.25, 0.3) is 0 Å². The van der Waals surface area contributed by atoms with Crippen LogP contribution in [0.1, 0.15) is 68.6 Å². The summed E-state index contributed by atoms with van der Waals surface area (Å²) >= 11 is 0. The zero-order valence-corrected chi connectivity index (χ0v) is 17.7. The number of benzene rings is 1. The number of esters is 1. The van der Waals surface area contributed by atoms with E-state index in [1.54, 1.807) is 24.3 Å². The monoisotopic (exact) mass is 408 g/mol. The predicted molar refractivity (Wildman–Crippen MR) is 113 cm³/mol. The van der Waals surface area contributed by atoms with Crippen molar-refractivity contribution < 1.29 is 28.5 Å². The fourth-order valence-electron chi connectivity index (χ4n) is 2.70. The smallest absolute Gasteiger partial charge is 0.305 e. The maximum absolute atomic E-state index is 11.6. The number of hydrogen-bond acceptors (Lipinski definition) is 6. The zero-order chi connectivity index (χ0) is 21.0. The molecular weight excluding hydrogens is 372 g/mol. The van der Waals surface area contributed by atoms with Crippen LogP contribution in [0.4, 0.5) is 0 Å². The summed E-state index contributed by atoms with van der Waals surface area (Å²) in [6, 6.07) is 6.92. The quantitative estimate of drug-likeness (QED) is 0.189. The van der Waals surface area contributed by atoms with Crippen molar-refractivity contribution in [2.24, 2.45) is 0 Å². The van der Waals surface area contributed by atoms with Crippen LogP contribution >= 0.6 is 0 Å². The van der Waals surface area contributed by atoms with Crippen molar-refractivity contribution in [2.45, 2.75) is 58.3 Å². The van der Waals surface area contributed by atoms with Gasteiger partial charge in [0.2, 0.25) is 0 Å². The summed E-state index contributed by atoms with van der Waals surface area (Å²) in [6.07, 6.45) is 9.62. The molecule has 1 aromatic rings. The molecule has 0 bridgehead atoms. The Morgan fingerprint density at radius 1 is 0.793 bits per heavy atom. The Bertz CT molecular complexity index is 529. The number of hydrogen-bond donors (Lipinski definition) is 0. The van der Waals surface area contributed by atoms with Crippen LogP contribution in [0, 0.1) is 0 Å². The third-order valence-electron chi connectivity index (χ3n) is 4.36. The molecule has 6 nitrogen and oxygen atoms in total. The van der Waals surface area contributed by atoms with Crippen molar-refractivity contribution >= 4 is 12.3 Å². The minimum atomic E-state index is -0.142. The number of ether oxygens (including phenoxy) is 4. The number of carbonyl (C=O) groups excluding carboxylic acids is 2. The second-order valence-electron chi connectivity index (χ2n) is 6.85. The van der Waals surface area contributed by atoms with Gasteiger partial charge in [0.1, 0.15) is 25.2 Å². The molecule has 0 atom stereocenters. The maximum atomic E-state index is 11.6. The molecule has 1 rings (SSSR count). The Balaban J connectivity index is 1.82. The SMILES string of the molecule is CCCCCCCCCC(=O)OCCOCCOCCOc1ccc(C=O)cc1. The second kappa shape index (κ2) is 18.1. The molecule has 0 aliphatic heterocycles. The standard InChI is InChI=1S/C23H36O6/c1-2-3-4-5-6-7-8-9-23(25)29-19-17-27-15-14-26-16-18-28-22-12-10-21(20-24)11-13-22/h10-13,20H,2-9,14-19H2,1H3. The van der Waals surface area contributed by atoms with E-state index in [-0.39, 0.29) is 12.6 Å². The van der Waals surface area contributed by atoms with Gasteiger partial charge in [-0.3, -0.25) is 9.59 Å². The Morgan fingerprint density at radius 2 is 1.38 bits per heavy atom. The number of rotatable bonds is 19. The van der Waals surface area contributed by atoms with Gasteiger partial charge in [-0.05, 0) is 30.7 Å². The first-order valence-electron chi connectivity index (χ1n) is 10.8. The highest BCUT2D eigenvalue weighted by atomic mass is 16.6. The Hall–Kier alpha value is -1.92. The van der Waals surface area contributed by atoms with Crippen LogP contribution in [0.5, 0.6) is 5.75 Å². The first kappa shape index (κ1) is 25.1. The maximum Gasteiger partial charge on any atom is 0.305 e. The molecule has 6 heteroatoms. The molecule has 0 radical (unpaired) electrons. The van der Waals surface area contributed by atoms with Crippen LogP contribution in [0.3, 0.4) is 0 Å². The normalized spacial score (nSPS) is 10.7. The molecule has 0 amide bonds. The molecule has 0 saturated heterocycles. The molecule has 0 unspecified atom stereocenters. The highest BCUT2D eigenvalue weighted by Gasteiger charge is 2.02. The fourth-order valence-corrected chi connectivity index (χ4v) is 2.70. The third kappa shape index (κ3) is 14.7.